The number of nitrogens with zero attached hydrogens (tertiary/aromatic N) is 3. The molecule has 0 saturated heterocycles. The van der Waals surface area contributed by atoms with Gasteiger partial charge in [-0.1, -0.05) is 84.0 Å². The minimum Gasteiger partial charge on any atom is -0.207 e. The number of aromatic nitrogens is 3. The molecule has 0 aliphatic carbocycles. The van der Waals surface area contributed by atoms with Gasteiger partial charge in [-0.25, -0.2) is 13.1 Å². The highest BCUT2D eigenvalue weighted by molar-refractivity contribution is 7.89. The number of hydrogen-bond donors (Lipinski definition) is 1. The van der Waals surface area contributed by atoms with E-state index < -0.39 is 16.1 Å². The summed E-state index contributed by atoms with van der Waals surface area (Å²) in [4.78, 5) is 1.91. The normalized spacial score (nSPS) is 13.3. The summed E-state index contributed by atoms with van der Waals surface area (Å²) in [5, 5.41) is 8.36. The Kier molecular flexibility index (Phi) is 7.51. The molecule has 2 aromatic carbocycles. The summed E-state index contributed by atoms with van der Waals surface area (Å²) in [6.45, 7) is 12.8. The fourth-order valence-electron chi connectivity index (χ4n) is 3.84. The summed E-state index contributed by atoms with van der Waals surface area (Å²) in [7, 11) is -3.82. The second-order valence-electron chi connectivity index (χ2n) is 9.16. The highest BCUT2D eigenvalue weighted by Crippen LogP contribution is 2.35. The zero-order valence-electron chi connectivity index (χ0n) is 19.8. The minimum absolute atomic E-state index is 0.0701. The van der Waals surface area contributed by atoms with Crippen molar-refractivity contribution in [2.24, 2.45) is 0 Å². The van der Waals surface area contributed by atoms with E-state index in [4.69, 9.17) is 0 Å². The van der Waals surface area contributed by atoms with Crippen molar-refractivity contribution in [1.29, 1.82) is 0 Å². The molecule has 0 radical (unpaired) electrons. The summed E-state index contributed by atoms with van der Waals surface area (Å²) in [6, 6.07) is 13.2. The first-order valence-electron chi connectivity index (χ1n) is 11.2. The molecule has 0 bridgehead atoms. The van der Waals surface area contributed by atoms with Crippen LogP contribution in [0.4, 0.5) is 0 Å². The van der Waals surface area contributed by atoms with Gasteiger partial charge < -0.3 is 0 Å². The van der Waals surface area contributed by atoms with Gasteiger partial charge in [0.2, 0.25) is 10.0 Å². The van der Waals surface area contributed by atoms with Gasteiger partial charge in [0, 0.05) is 0 Å². The van der Waals surface area contributed by atoms with Gasteiger partial charge in [-0.05, 0) is 40.0 Å². The van der Waals surface area contributed by atoms with Gasteiger partial charge in [0.1, 0.15) is 0 Å². The molecule has 1 N–H and O–H groups in total. The Bertz CT molecular complexity index is 1090. The van der Waals surface area contributed by atoms with Crippen LogP contribution in [0.2, 0.25) is 0 Å². The first-order valence-corrected chi connectivity index (χ1v) is 12.7. The van der Waals surface area contributed by atoms with Crippen molar-refractivity contribution in [3.63, 3.8) is 0 Å². The van der Waals surface area contributed by atoms with Gasteiger partial charge in [-0.3, -0.25) is 0 Å². The van der Waals surface area contributed by atoms with Gasteiger partial charge in [-0.2, -0.15) is 15.0 Å². The van der Waals surface area contributed by atoms with Crippen LogP contribution in [0.25, 0.3) is 0 Å². The van der Waals surface area contributed by atoms with E-state index in [1.165, 1.54) is 4.80 Å². The van der Waals surface area contributed by atoms with E-state index in [0.29, 0.717) is 17.4 Å². The number of nitrogens with one attached hydrogen (secondary N) is 1. The molecule has 1 heterocycles. The molecule has 0 spiro atoms. The lowest BCUT2D eigenvalue weighted by Gasteiger charge is -2.25. The second-order valence-corrected chi connectivity index (χ2v) is 10.8. The van der Waals surface area contributed by atoms with E-state index in [-0.39, 0.29) is 11.8 Å². The van der Waals surface area contributed by atoms with Crippen LogP contribution in [-0.4, -0.2) is 23.4 Å². The Hall–Kier alpha value is -2.51. The molecule has 1 unspecified atom stereocenters. The van der Waals surface area contributed by atoms with Crippen molar-refractivity contribution in [2.45, 2.75) is 76.8 Å². The standard InChI is InChI=1S/C25H34N4O2S/c1-17(2)21-14-22(18(3)4)25(23(15-21)19(5)6)32(30,31)28-24(16-29-26-12-13-27-29)20-10-8-7-9-11-20/h7-15,17-19,24,28H,16H2,1-6H3. The number of benzene rings is 2. The summed E-state index contributed by atoms with van der Waals surface area (Å²) in [5.74, 6) is 0.458. The van der Waals surface area contributed by atoms with Crippen LogP contribution in [0.3, 0.4) is 0 Å². The molecule has 32 heavy (non-hydrogen) atoms. The molecule has 0 fully saturated rings. The quantitative estimate of drug-likeness (QED) is 0.472. The van der Waals surface area contributed by atoms with Crippen LogP contribution in [0.15, 0.2) is 59.8 Å². The third-order valence-corrected chi connectivity index (χ3v) is 7.26. The van der Waals surface area contributed by atoms with Crippen LogP contribution in [0, 0.1) is 0 Å². The molecule has 6 nitrogen and oxygen atoms in total. The van der Waals surface area contributed by atoms with Crippen molar-refractivity contribution in [3.05, 3.63) is 77.1 Å². The average Bonchev–Trinajstić information content (AvgIpc) is 3.25. The second kappa shape index (κ2) is 9.96. The van der Waals surface area contributed by atoms with E-state index in [0.717, 1.165) is 22.3 Å². The fourth-order valence-corrected chi connectivity index (χ4v) is 5.76. The predicted molar refractivity (Wildman–Crippen MR) is 128 cm³/mol. The third kappa shape index (κ3) is 5.45. The van der Waals surface area contributed by atoms with E-state index in [1.807, 2.05) is 58.0 Å². The molecule has 0 saturated carbocycles. The van der Waals surface area contributed by atoms with Crippen molar-refractivity contribution >= 4 is 10.0 Å². The van der Waals surface area contributed by atoms with Crippen LogP contribution in [0.5, 0.6) is 0 Å². The van der Waals surface area contributed by atoms with Crippen molar-refractivity contribution < 1.29 is 8.42 Å². The fraction of sp³-hybridized carbons (Fsp3) is 0.440. The van der Waals surface area contributed by atoms with Crippen LogP contribution in [-0.2, 0) is 16.6 Å². The maximum atomic E-state index is 13.9. The molecule has 1 aromatic heterocycles. The van der Waals surface area contributed by atoms with Crippen molar-refractivity contribution in [2.75, 3.05) is 0 Å². The van der Waals surface area contributed by atoms with Crippen molar-refractivity contribution in [3.8, 4) is 0 Å². The highest BCUT2D eigenvalue weighted by atomic mass is 32.2. The number of sulfonamides is 1. The Morgan fingerprint density at radius 1 is 0.812 bits per heavy atom. The SMILES string of the molecule is CC(C)c1cc(C(C)C)c(S(=O)(=O)NC(Cn2nccn2)c2ccccc2)c(C(C)C)c1. The van der Waals surface area contributed by atoms with E-state index >= 15 is 0 Å². The molecule has 172 valence electrons. The van der Waals surface area contributed by atoms with Gasteiger partial charge in [0.15, 0.2) is 0 Å². The molecule has 3 aromatic rings. The zero-order chi connectivity index (χ0) is 23.5. The smallest absolute Gasteiger partial charge is 0.207 e. The van der Waals surface area contributed by atoms with Gasteiger partial charge in [0.05, 0.1) is 29.9 Å². The largest absolute Gasteiger partial charge is 0.241 e. The monoisotopic (exact) mass is 454 g/mol. The van der Waals surface area contributed by atoms with Gasteiger partial charge in [0.25, 0.3) is 0 Å². The summed E-state index contributed by atoms with van der Waals surface area (Å²) >= 11 is 0. The molecule has 0 amide bonds. The third-order valence-electron chi connectivity index (χ3n) is 5.66. The lowest BCUT2D eigenvalue weighted by molar-refractivity contribution is 0.444. The molecular formula is C25H34N4O2S. The average molecular weight is 455 g/mol. The Morgan fingerprint density at radius 3 is 1.81 bits per heavy atom. The Morgan fingerprint density at radius 2 is 1.34 bits per heavy atom. The molecule has 0 aliphatic heterocycles. The van der Waals surface area contributed by atoms with Gasteiger partial charge in [-0.15, -0.1) is 0 Å². The van der Waals surface area contributed by atoms with E-state index in [9.17, 15) is 8.42 Å². The topological polar surface area (TPSA) is 76.9 Å². The first kappa shape index (κ1) is 24.1. The van der Waals surface area contributed by atoms with Gasteiger partial charge >= 0.3 is 0 Å². The summed E-state index contributed by atoms with van der Waals surface area (Å²) in [5.41, 5.74) is 3.74. The molecule has 3 rings (SSSR count). The van der Waals surface area contributed by atoms with E-state index in [1.54, 1.807) is 12.4 Å². The summed E-state index contributed by atoms with van der Waals surface area (Å²) < 4.78 is 30.8. The Labute approximate surface area is 192 Å². The maximum absolute atomic E-state index is 13.9. The lowest BCUT2D eigenvalue weighted by Crippen LogP contribution is -2.33. The van der Waals surface area contributed by atoms with Crippen LogP contribution < -0.4 is 4.72 Å². The lowest BCUT2D eigenvalue weighted by atomic mass is 9.89. The molecule has 7 heteroatoms. The molecule has 0 aliphatic rings. The number of rotatable bonds is 9. The van der Waals surface area contributed by atoms with Crippen LogP contribution >= 0.6 is 0 Å². The molecule has 1 atom stereocenters. The Balaban J connectivity index is 2.12. The summed E-state index contributed by atoms with van der Waals surface area (Å²) in [6.07, 6.45) is 3.18. The minimum atomic E-state index is -3.82. The maximum Gasteiger partial charge on any atom is 0.241 e. The predicted octanol–water partition coefficient (Wildman–Crippen LogP) is 5.37. The van der Waals surface area contributed by atoms with Crippen LogP contribution in [0.1, 0.15) is 87.6 Å². The molecular weight excluding hydrogens is 420 g/mol. The van der Waals surface area contributed by atoms with Crippen molar-refractivity contribution in [1.82, 2.24) is 19.7 Å². The first-order chi connectivity index (χ1) is 15.1. The zero-order valence-corrected chi connectivity index (χ0v) is 20.6. The highest BCUT2D eigenvalue weighted by Gasteiger charge is 2.30. The van der Waals surface area contributed by atoms with E-state index in [2.05, 4.69) is 40.9 Å². The number of hydrogen-bond acceptors (Lipinski definition) is 4.